The van der Waals surface area contributed by atoms with Crippen LogP contribution in [0.25, 0.3) is 0 Å². The monoisotopic (exact) mass is 314 g/mol. The van der Waals surface area contributed by atoms with E-state index >= 15 is 0 Å². The van der Waals surface area contributed by atoms with Gasteiger partial charge in [0.25, 0.3) is 0 Å². The van der Waals surface area contributed by atoms with Crippen molar-refractivity contribution >= 4 is 10.0 Å². The fraction of sp³-hybridized carbons (Fsp3) is 0.600. The second-order valence-corrected chi connectivity index (χ2v) is 7.37. The molecule has 0 amide bonds. The van der Waals surface area contributed by atoms with E-state index < -0.39 is 15.8 Å². The predicted octanol–water partition coefficient (Wildman–Crippen LogP) is 2.32. The molecule has 1 saturated carbocycles. The first-order chi connectivity index (χ1) is 9.94. The van der Waals surface area contributed by atoms with E-state index in [1.54, 1.807) is 6.07 Å². The molecule has 0 saturated heterocycles. The van der Waals surface area contributed by atoms with Crippen LogP contribution in [0.15, 0.2) is 17.0 Å². The Bertz CT molecular complexity index is 598. The fourth-order valence-corrected chi connectivity index (χ4v) is 3.78. The van der Waals surface area contributed by atoms with Crippen LogP contribution in [-0.4, -0.2) is 21.5 Å². The number of rotatable bonds is 7. The van der Waals surface area contributed by atoms with E-state index in [-0.39, 0.29) is 10.5 Å². The third kappa shape index (κ3) is 4.02. The molecule has 2 rings (SSSR count). The zero-order valence-electron chi connectivity index (χ0n) is 12.6. The number of nitrogens with one attached hydrogen (secondary N) is 2. The first-order valence-corrected chi connectivity index (χ1v) is 8.91. The SMILES string of the molecule is CCNCc1cc(F)c(C)c(S(=O)(=O)NCC2CCC2)c1. The molecule has 0 aromatic heterocycles. The second-order valence-electron chi connectivity index (χ2n) is 5.63. The van der Waals surface area contributed by atoms with Crippen molar-refractivity contribution < 1.29 is 12.8 Å². The lowest BCUT2D eigenvalue weighted by molar-refractivity contribution is 0.316. The summed E-state index contributed by atoms with van der Waals surface area (Å²) in [5, 5.41) is 3.08. The molecule has 1 aromatic rings. The van der Waals surface area contributed by atoms with Crippen LogP contribution in [0.4, 0.5) is 4.39 Å². The molecule has 0 atom stereocenters. The number of hydrogen-bond acceptors (Lipinski definition) is 3. The largest absolute Gasteiger partial charge is 0.313 e. The highest BCUT2D eigenvalue weighted by Crippen LogP contribution is 2.26. The molecule has 118 valence electrons. The highest BCUT2D eigenvalue weighted by Gasteiger charge is 2.23. The van der Waals surface area contributed by atoms with Crippen molar-refractivity contribution in [2.45, 2.75) is 44.6 Å². The Morgan fingerprint density at radius 3 is 2.62 bits per heavy atom. The molecule has 0 unspecified atom stereocenters. The van der Waals surface area contributed by atoms with Crippen LogP contribution in [0, 0.1) is 18.7 Å². The molecule has 6 heteroatoms. The Morgan fingerprint density at radius 2 is 2.05 bits per heavy atom. The van der Waals surface area contributed by atoms with Gasteiger partial charge in [0.15, 0.2) is 0 Å². The molecule has 2 N–H and O–H groups in total. The van der Waals surface area contributed by atoms with Crippen molar-refractivity contribution in [1.82, 2.24) is 10.0 Å². The maximum Gasteiger partial charge on any atom is 0.240 e. The lowest BCUT2D eigenvalue weighted by atomic mass is 9.86. The first kappa shape index (κ1) is 16.4. The molecule has 0 aliphatic heterocycles. The van der Waals surface area contributed by atoms with Gasteiger partial charge in [0.2, 0.25) is 10.0 Å². The Morgan fingerprint density at radius 1 is 1.33 bits per heavy atom. The van der Waals surface area contributed by atoms with Gasteiger partial charge in [0.05, 0.1) is 4.90 Å². The summed E-state index contributed by atoms with van der Waals surface area (Å²) in [7, 11) is -3.65. The first-order valence-electron chi connectivity index (χ1n) is 7.43. The second kappa shape index (κ2) is 6.85. The van der Waals surface area contributed by atoms with Gasteiger partial charge in [-0.25, -0.2) is 17.5 Å². The van der Waals surface area contributed by atoms with E-state index in [2.05, 4.69) is 10.0 Å². The Hall–Kier alpha value is -0.980. The standard InChI is InChI=1S/C15H23FN2O2S/c1-3-17-9-13-7-14(16)11(2)15(8-13)21(19,20)18-10-12-5-4-6-12/h7-8,12,17-18H,3-6,9-10H2,1-2H3. The normalized spacial score (nSPS) is 16.0. The van der Waals surface area contributed by atoms with Gasteiger partial charge in [0.1, 0.15) is 5.82 Å². The zero-order chi connectivity index (χ0) is 15.5. The van der Waals surface area contributed by atoms with Gasteiger partial charge in [-0.2, -0.15) is 0 Å². The molecular weight excluding hydrogens is 291 g/mol. The molecule has 0 spiro atoms. The van der Waals surface area contributed by atoms with E-state index in [0.29, 0.717) is 24.6 Å². The summed E-state index contributed by atoms with van der Waals surface area (Å²) in [6.07, 6.45) is 3.30. The minimum absolute atomic E-state index is 0.0507. The van der Waals surface area contributed by atoms with E-state index in [0.717, 1.165) is 25.8 Å². The maximum absolute atomic E-state index is 14.0. The summed E-state index contributed by atoms with van der Waals surface area (Å²) in [6.45, 7) is 5.10. The Balaban J connectivity index is 2.20. The van der Waals surface area contributed by atoms with Gasteiger partial charge < -0.3 is 5.32 Å². The molecule has 1 aliphatic rings. The van der Waals surface area contributed by atoms with E-state index in [9.17, 15) is 12.8 Å². The van der Waals surface area contributed by atoms with Crippen LogP contribution in [-0.2, 0) is 16.6 Å². The van der Waals surface area contributed by atoms with Crippen molar-refractivity contribution in [2.24, 2.45) is 5.92 Å². The van der Waals surface area contributed by atoms with Crippen LogP contribution in [0.3, 0.4) is 0 Å². The van der Waals surface area contributed by atoms with E-state index in [4.69, 9.17) is 0 Å². The zero-order valence-corrected chi connectivity index (χ0v) is 13.4. The molecule has 21 heavy (non-hydrogen) atoms. The molecular formula is C15H23FN2O2S. The number of benzene rings is 1. The quantitative estimate of drug-likeness (QED) is 0.812. The lowest BCUT2D eigenvalue weighted by Crippen LogP contribution is -2.32. The summed E-state index contributed by atoms with van der Waals surface area (Å²) in [6, 6.07) is 2.95. The third-order valence-corrected chi connectivity index (χ3v) is 5.56. The Labute approximate surface area is 126 Å². The van der Waals surface area contributed by atoms with Crippen molar-refractivity contribution in [2.75, 3.05) is 13.1 Å². The molecule has 4 nitrogen and oxygen atoms in total. The molecule has 0 heterocycles. The van der Waals surface area contributed by atoms with Gasteiger partial charge in [-0.3, -0.25) is 0 Å². The van der Waals surface area contributed by atoms with Crippen molar-refractivity contribution in [3.63, 3.8) is 0 Å². The van der Waals surface area contributed by atoms with Crippen LogP contribution in [0.2, 0.25) is 0 Å². The molecule has 0 bridgehead atoms. The summed E-state index contributed by atoms with van der Waals surface area (Å²) in [4.78, 5) is 0.0507. The predicted molar refractivity (Wildman–Crippen MR) is 81.0 cm³/mol. The smallest absolute Gasteiger partial charge is 0.240 e. The average Bonchev–Trinajstić information content (AvgIpc) is 2.37. The van der Waals surface area contributed by atoms with Gasteiger partial charge in [-0.1, -0.05) is 13.3 Å². The molecule has 1 aliphatic carbocycles. The topological polar surface area (TPSA) is 58.2 Å². The summed E-state index contributed by atoms with van der Waals surface area (Å²) in [5.41, 5.74) is 0.820. The highest BCUT2D eigenvalue weighted by molar-refractivity contribution is 7.89. The molecule has 1 aromatic carbocycles. The minimum atomic E-state index is -3.65. The van der Waals surface area contributed by atoms with Crippen LogP contribution < -0.4 is 10.0 Å². The third-order valence-electron chi connectivity index (χ3n) is 4.01. The van der Waals surface area contributed by atoms with Gasteiger partial charge in [0, 0.05) is 18.7 Å². The van der Waals surface area contributed by atoms with E-state index in [1.807, 2.05) is 6.92 Å². The lowest BCUT2D eigenvalue weighted by Gasteiger charge is -2.25. The van der Waals surface area contributed by atoms with Crippen LogP contribution in [0.1, 0.15) is 37.3 Å². The van der Waals surface area contributed by atoms with Gasteiger partial charge >= 0.3 is 0 Å². The van der Waals surface area contributed by atoms with Crippen molar-refractivity contribution in [1.29, 1.82) is 0 Å². The maximum atomic E-state index is 14.0. The molecule has 0 radical (unpaired) electrons. The number of hydrogen-bond donors (Lipinski definition) is 2. The summed E-state index contributed by atoms with van der Waals surface area (Å²) in [5.74, 6) is -0.0516. The number of halogens is 1. The van der Waals surface area contributed by atoms with Crippen molar-refractivity contribution in [3.8, 4) is 0 Å². The number of sulfonamides is 1. The van der Waals surface area contributed by atoms with Gasteiger partial charge in [-0.05, 0) is 49.9 Å². The summed E-state index contributed by atoms with van der Waals surface area (Å²) < 4.78 is 41.3. The Kier molecular flexibility index (Phi) is 5.35. The molecule has 1 fully saturated rings. The highest BCUT2D eigenvalue weighted by atomic mass is 32.2. The average molecular weight is 314 g/mol. The fourth-order valence-electron chi connectivity index (χ4n) is 2.36. The van der Waals surface area contributed by atoms with Gasteiger partial charge in [-0.15, -0.1) is 0 Å². The van der Waals surface area contributed by atoms with Crippen molar-refractivity contribution in [3.05, 3.63) is 29.1 Å². The van der Waals surface area contributed by atoms with Crippen LogP contribution in [0.5, 0.6) is 0 Å². The van der Waals surface area contributed by atoms with E-state index in [1.165, 1.54) is 13.0 Å². The minimum Gasteiger partial charge on any atom is -0.313 e. The van der Waals surface area contributed by atoms with Crippen LogP contribution >= 0.6 is 0 Å². The summed E-state index contributed by atoms with van der Waals surface area (Å²) >= 11 is 0.